The van der Waals surface area contributed by atoms with Crippen LogP contribution in [0.1, 0.15) is 0 Å². The van der Waals surface area contributed by atoms with Crippen LogP contribution in [0.3, 0.4) is 0 Å². The summed E-state index contributed by atoms with van der Waals surface area (Å²) in [6.07, 6.45) is 2.53. The van der Waals surface area contributed by atoms with Gasteiger partial charge in [-0.05, 0) is 18.2 Å². The number of nitrogens with one attached hydrogen (secondary N) is 2. The molecule has 0 radical (unpaired) electrons. The van der Waals surface area contributed by atoms with Crippen molar-refractivity contribution in [2.75, 3.05) is 10.5 Å². The summed E-state index contributed by atoms with van der Waals surface area (Å²) < 4.78 is 27.2. The zero-order valence-electron chi connectivity index (χ0n) is 9.49. The summed E-state index contributed by atoms with van der Waals surface area (Å²) in [5.74, 6) is 0. The van der Waals surface area contributed by atoms with Gasteiger partial charge in [-0.1, -0.05) is 11.3 Å². The fraction of sp³-hybridized carbons (Fsp3) is 0. The lowest BCUT2D eigenvalue weighted by molar-refractivity contribution is 0.598. The second-order valence-electron chi connectivity index (χ2n) is 3.77. The summed E-state index contributed by atoms with van der Waals surface area (Å²) >= 11 is 1.22. The van der Waals surface area contributed by atoms with E-state index in [9.17, 15) is 8.42 Å². The number of nitrogens with zero attached hydrogens (tertiary/aromatic N) is 2. The molecule has 0 unspecified atom stereocenters. The molecule has 2 heterocycles. The van der Waals surface area contributed by atoms with Crippen LogP contribution in [0.2, 0.25) is 0 Å². The minimum Gasteiger partial charge on any atom is -0.399 e. The molecule has 0 aliphatic carbocycles. The van der Waals surface area contributed by atoms with Gasteiger partial charge in [-0.2, -0.15) is 8.42 Å². The first-order valence-corrected chi connectivity index (χ1v) is 7.52. The maximum atomic E-state index is 12.0. The third-order valence-electron chi connectivity index (χ3n) is 2.40. The standard InChI is InChI=1S/C10H9N5O2S2/c11-6-1-2-7-8(3-6)18-10(14-7)15-19(16,17)9-4-12-5-13-9/h1-5H,11H2,(H,12,13)(H,14,15). The van der Waals surface area contributed by atoms with Crippen LogP contribution in [-0.2, 0) is 10.0 Å². The van der Waals surface area contributed by atoms with Gasteiger partial charge >= 0.3 is 0 Å². The van der Waals surface area contributed by atoms with E-state index in [4.69, 9.17) is 5.73 Å². The van der Waals surface area contributed by atoms with Crippen LogP contribution < -0.4 is 10.5 Å². The molecule has 0 atom stereocenters. The fourth-order valence-electron chi connectivity index (χ4n) is 1.54. The Hall–Kier alpha value is -2.13. The maximum absolute atomic E-state index is 12.0. The minimum atomic E-state index is -3.68. The summed E-state index contributed by atoms with van der Waals surface area (Å²) in [5.41, 5.74) is 6.97. The molecule has 1 aromatic carbocycles. The van der Waals surface area contributed by atoms with Gasteiger partial charge in [0.25, 0.3) is 10.0 Å². The van der Waals surface area contributed by atoms with Crippen molar-refractivity contribution in [2.45, 2.75) is 5.03 Å². The number of rotatable bonds is 3. The van der Waals surface area contributed by atoms with Gasteiger partial charge in [0.05, 0.1) is 22.7 Å². The van der Waals surface area contributed by atoms with Crippen LogP contribution in [0.5, 0.6) is 0 Å². The quantitative estimate of drug-likeness (QED) is 0.632. The van der Waals surface area contributed by atoms with E-state index in [1.807, 2.05) is 0 Å². The van der Waals surface area contributed by atoms with E-state index < -0.39 is 10.0 Å². The van der Waals surface area contributed by atoms with Gasteiger partial charge in [0.1, 0.15) is 0 Å². The van der Waals surface area contributed by atoms with Gasteiger partial charge in [0, 0.05) is 5.69 Å². The molecule has 0 aliphatic rings. The summed E-state index contributed by atoms with van der Waals surface area (Å²) in [4.78, 5) is 10.4. The number of anilines is 2. The Kier molecular flexibility index (Phi) is 2.64. The second kappa shape index (κ2) is 4.21. The Morgan fingerprint density at radius 3 is 2.95 bits per heavy atom. The number of H-pyrrole nitrogens is 1. The van der Waals surface area contributed by atoms with Crippen LogP contribution in [0, 0.1) is 0 Å². The van der Waals surface area contributed by atoms with E-state index in [0.29, 0.717) is 11.2 Å². The van der Waals surface area contributed by atoms with Gasteiger partial charge < -0.3 is 10.7 Å². The first kappa shape index (κ1) is 11.9. The summed E-state index contributed by atoms with van der Waals surface area (Å²) in [6.45, 7) is 0. The van der Waals surface area contributed by atoms with Gasteiger partial charge in [0.15, 0.2) is 10.2 Å². The highest BCUT2D eigenvalue weighted by Gasteiger charge is 2.17. The molecule has 0 fully saturated rings. The highest BCUT2D eigenvalue weighted by atomic mass is 32.2. The van der Waals surface area contributed by atoms with Crippen LogP contribution in [0.4, 0.5) is 10.8 Å². The molecule has 0 spiro atoms. The Labute approximate surface area is 112 Å². The molecule has 3 rings (SSSR count). The number of fused-ring (bicyclic) bond motifs is 1. The largest absolute Gasteiger partial charge is 0.399 e. The molecular formula is C10H9N5O2S2. The van der Waals surface area contributed by atoms with Gasteiger partial charge in [-0.15, -0.1) is 0 Å². The molecular weight excluding hydrogens is 286 g/mol. The van der Waals surface area contributed by atoms with Crippen LogP contribution in [-0.4, -0.2) is 23.4 Å². The molecule has 0 aliphatic heterocycles. The lowest BCUT2D eigenvalue weighted by Gasteiger charge is -2.00. The Morgan fingerprint density at radius 2 is 2.21 bits per heavy atom. The molecule has 0 amide bonds. The number of aromatic amines is 1. The molecule has 19 heavy (non-hydrogen) atoms. The lowest BCUT2D eigenvalue weighted by atomic mass is 10.3. The topological polar surface area (TPSA) is 114 Å². The Balaban J connectivity index is 1.98. The third kappa shape index (κ3) is 2.25. The number of benzene rings is 1. The van der Waals surface area contributed by atoms with Crippen molar-refractivity contribution >= 4 is 42.4 Å². The third-order valence-corrected chi connectivity index (χ3v) is 4.72. The number of aromatic nitrogens is 3. The fourth-order valence-corrected chi connectivity index (χ4v) is 3.60. The number of nitrogen functional groups attached to an aromatic ring is 1. The van der Waals surface area contributed by atoms with Crippen LogP contribution in [0.25, 0.3) is 10.2 Å². The lowest BCUT2D eigenvalue weighted by Crippen LogP contribution is -2.12. The Morgan fingerprint density at radius 1 is 1.37 bits per heavy atom. The van der Waals surface area contributed by atoms with E-state index >= 15 is 0 Å². The van der Waals surface area contributed by atoms with E-state index in [2.05, 4.69) is 19.7 Å². The average Bonchev–Trinajstić information content (AvgIpc) is 2.95. The maximum Gasteiger partial charge on any atom is 0.280 e. The van der Waals surface area contributed by atoms with Crippen molar-refractivity contribution in [3.8, 4) is 0 Å². The first-order valence-electron chi connectivity index (χ1n) is 5.22. The minimum absolute atomic E-state index is 0.00808. The Bertz CT molecular complexity index is 823. The highest BCUT2D eigenvalue weighted by Crippen LogP contribution is 2.28. The van der Waals surface area contributed by atoms with E-state index in [-0.39, 0.29) is 10.2 Å². The highest BCUT2D eigenvalue weighted by molar-refractivity contribution is 7.92. The second-order valence-corrected chi connectivity index (χ2v) is 6.45. The predicted molar refractivity (Wildman–Crippen MR) is 73.4 cm³/mol. The van der Waals surface area contributed by atoms with Crippen molar-refractivity contribution in [1.29, 1.82) is 0 Å². The van der Waals surface area contributed by atoms with E-state index in [1.54, 1.807) is 18.2 Å². The van der Waals surface area contributed by atoms with Crippen molar-refractivity contribution in [2.24, 2.45) is 0 Å². The van der Waals surface area contributed by atoms with Crippen molar-refractivity contribution in [3.05, 3.63) is 30.7 Å². The molecule has 0 saturated carbocycles. The molecule has 3 aromatic rings. The molecule has 98 valence electrons. The van der Waals surface area contributed by atoms with Crippen molar-refractivity contribution in [1.82, 2.24) is 15.0 Å². The molecule has 0 bridgehead atoms. The number of nitrogens with two attached hydrogens (primary N) is 1. The number of hydrogen-bond donors (Lipinski definition) is 3. The first-order chi connectivity index (χ1) is 9.04. The summed E-state index contributed by atoms with van der Waals surface area (Å²) in [6, 6.07) is 5.21. The molecule has 9 heteroatoms. The molecule has 2 aromatic heterocycles. The van der Waals surface area contributed by atoms with Crippen LogP contribution >= 0.6 is 11.3 Å². The average molecular weight is 295 g/mol. The van der Waals surface area contributed by atoms with Gasteiger partial charge in [-0.3, -0.25) is 4.72 Å². The number of hydrogen-bond acceptors (Lipinski definition) is 6. The number of imidazole rings is 1. The van der Waals surface area contributed by atoms with E-state index in [1.165, 1.54) is 23.9 Å². The normalized spacial score (nSPS) is 11.8. The molecule has 0 saturated heterocycles. The van der Waals surface area contributed by atoms with E-state index in [0.717, 1.165) is 4.70 Å². The summed E-state index contributed by atoms with van der Waals surface area (Å²) in [7, 11) is -3.68. The number of sulfonamides is 1. The van der Waals surface area contributed by atoms with Gasteiger partial charge in [0.2, 0.25) is 0 Å². The zero-order valence-corrected chi connectivity index (χ0v) is 11.1. The van der Waals surface area contributed by atoms with Crippen molar-refractivity contribution in [3.63, 3.8) is 0 Å². The smallest absolute Gasteiger partial charge is 0.280 e. The SMILES string of the molecule is Nc1ccc2nc(NS(=O)(=O)c3cnc[nH]3)sc2c1. The zero-order chi connectivity index (χ0) is 13.5. The van der Waals surface area contributed by atoms with Crippen molar-refractivity contribution < 1.29 is 8.42 Å². The number of thiazole rings is 1. The van der Waals surface area contributed by atoms with Crippen LogP contribution in [0.15, 0.2) is 35.7 Å². The summed E-state index contributed by atoms with van der Waals surface area (Å²) in [5, 5.41) is 0.279. The molecule has 7 nitrogen and oxygen atoms in total. The predicted octanol–water partition coefficient (Wildman–Crippen LogP) is 1.40. The van der Waals surface area contributed by atoms with Gasteiger partial charge in [-0.25, -0.2) is 9.97 Å². The molecule has 4 N–H and O–H groups in total. The monoisotopic (exact) mass is 295 g/mol.